The molecule has 4 nitrogen and oxygen atoms in total. The van der Waals surface area contributed by atoms with Crippen molar-refractivity contribution in [1.29, 1.82) is 0 Å². The fourth-order valence-corrected chi connectivity index (χ4v) is 2.35. The largest absolute Gasteiger partial charge is 0.502 e. The van der Waals surface area contributed by atoms with Gasteiger partial charge >= 0.3 is 5.91 Å². The summed E-state index contributed by atoms with van der Waals surface area (Å²) in [6.45, 7) is 1.89. The molecule has 0 spiro atoms. The number of benzene rings is 2. The average Bonchev–Trinajstić information content (AvgIpc) is 2.71. The molecule has 0 saturated heterocycles. The molecule has 0 aromatic heterocycles. The highest BCUT2D eigenvalue weighted by Crippen LogP contribution is 2.32. The molecule has 0 saturated carbocycles. The number of hydrogen-bond acceptors (Lipinski definition) is 3. The van der Waals surface area contributed by atoms with E-state index in [1.807, 2.05) is 6.92 Å². The standard InChI is InChI=1S/C17H12FNO3/c1-10-5-7-11(8-6-10)14-15(20)17(22)19(16(14)21)13-4-2-3-12(18)9-13/h2-9,20H,1H3. The normalized spacial score (nSPS) is 14.9. The van der Waals surface area contributed by atoms with Gasteiger partial charge in [-0.15, -0.1) is 0 Å². The number of aliphatic hydroxyl groups is 1. The summed E-state index contributed by atoms with van der Waals surface area (Å²) in [7, 11) is 0. The molecule has 3 rings (SSSR count). The summed E-state index contributed by atoms with van der Waals surface area (Å²) >= 11 is 0. The van der Waals surface area contributed by atoms with E-state index in [4.69, 9.17) is 0 Å². The number of anilines is 1. The van der Waals surface area contributed by atoms with Crippen LogP contribution in [0.1, 0.15) is 11.1 Å². The quantitative estimate of drug-likeness (QED) is 0.867. The molecule has 22 heavy (non-hydrogen) atoms. The zero-order valence-corrected chi connectivity index (χ0v) is 11.7. The molecular weight excluding hydrogens is 285 g/mol. The van der Waals surface area contributed by atoms with Gasteiger partial charge < -0.3 is 5.11 Å². The minimum Gasteiger partial charge on any atom is -0.502 e. The number of hydrogen-bond donors (Lipinski definition) is 1. The molecule has 110 valence electrons. The number of carbonyl (C=O) groups excluding carboxylic acids is 2. The lowest BCUT2D eigenvalue weighted by molar-refractivity contribution is -0.121. The number of aryl methyl sites for hydroxylation is 1. The van der Waals surface area contributed by atoms with Gasteiger partial charge in [-0.3, -0.25) is 9.59 Å². The van der Waals surface area contributed by atoms with Gasteiger partial charge in [-0.2, -0.15) is 0 Å². The molecule has 0 radical (unpaired) electrons. The topological polar surface area (TPSA) is 57.6 Å². The minimum absolute atomic E-state index is 0.0748. The summed E-state index contributed by atoms with van der Waals surface area (Å²) in [6, 6.07) is 12.0. The van der Waals surface area contributed by atoms with Crippen LogP contribution in [-0.2, 0) is 9.59 Å². The smallest absolute Gasteiger partial charge is 0.301 e. The van der Waals surface area contributed by atoms with Gasteiger partial charge in [-0.05, 0) is 30.7 Å². The third kappa shape index (κ3) is 2.16. The second-order valence-corrected chi connectivity index (χ2v) is 5.02. The first-order chi connectivity index (χ1) is 10.5. The Morgan fingerprint density at radius 2 is 1.68 bits per heavy atom. The number of nitrogens with zero attached hydrogens (tertiary/aromatic N) is 1. The monoisotopic (exact) mass is 297 g/mol. The van der Waals surface area contributed by atoms with E-state index >= 15 is 0 Å². The van der Waals surface area contributed by atoms with Gasteiger partial charge in [0.05, 0.1) is 11.3 Å². The number of amides is 2. The van der Waals surface area contributed by atoms with Crippen LogP contribution in [0, 0.1) is 12.7 Å². The van der Waals surface area contributed by atoms with Crippen molar-refractivity contribution in [3.8, 4) is 0 Å². The highest BCUT2D eigenvalue weighted by atomic mass is 19.1. The molecule has 2 aromatic carbocycles. The molecule has 2 aromatic rings. The fraction of sp³-hybridized carbons (Fsp3) is 0.0588. The van der Waals surface area contributed by atoms with Crippen molar-refractivity contribution >= 4 is 23.1 Å². The summed E-state index contributed by atoms with van der Waals surface area (Å²) in [5.74, 6) is -2.72. The highest BCUT2D eigenvalue weighted by molar-refractivity contribution is 6.44. The summed E-state index contributed by atoms with van der Waals surface area (Å²) in [5, 5.41) is 10.0. The Hall–Kier alpha value is -2.95. The van der Waals surface area contributed by atoms with Gasteiger partial charge in [0.1, 0.15) is 5.82 Å². The Morgan fingerprint density at radius 1 is 1.00 bits per heavy atom. The number of rotatable bonds is 2. The lowest BCUT2D eigenvalue weighted by Gasteiger charge is -2.14. The van der Waals surface area contributed by atoms with Crippen molar-refractivity contribution in [2.75, 3.05) is 4.90 Å². The summed E-state index contributed by atoms with van der Waals surface area (Å²) in [6.07, 6.45) is 0. The molecule has 0 bridgehead atoms. The lowest BCUT2D eigenvalue weighted by Crippen LogP contribution is -2.31. The molecule has 0 fully saturated rings. The van der Waals surface area contributed by atoms with Crippen molar-refractivity contribution in [2.45, 2.75) is 6.92 Å². The second kappa shape index (κ2) is 5.11. The maximum absolute atomic E-state index is 13.3. The van der Waals surface area contributed by atoms with Crippen LogP contribution in [-0.4, -0.2) is 16.9 Å². The Labute approximate surface area is 126 Å². The molecule has 0 atom stereocenters. The summed E-state index contributed by atoms with van der Waals surface area (Å²) in [4.78, 5) is 25.4. The molecule has 0 aliphatic carbocycles. The average molecular weight is 297 g/mol. The molecule has 2 amide bonds. The van der Waals surface area contributed by atoms with Gasteiger partial charge in [-0.1, -0.05) is 35.9 Å². The summed E-state index contributed by atoms with van der Waals surface area (Å²) in [5.41, 5.74) is 1.45. The van der Waals surface area contributed by atoms with Crippen LogP contribution in [0.15, 0.2) is 54.3 Å². The SMILES string of the molecule is Cc1ccc(C2=C(O)C(=O)N(c3cccc(F)c3)C2=O)cc1. The van der Waals surface area contributed by atoms with Crippen molar-refractivity contribution in [2.24, 2.45) is 0 Å². The molecule has 1 aliphatic heterocycles. The minimum atomic E-state index is -0.855. The van der Waals surface area contributed by atoms with Crippen LogP contribution in [0.4, 0.5) is 10.1 Å². The third-order valence-electron chi connectivity index (χ3n) is 3.47. The first-order valence-corrected chi connectivity index (χ1v) is 6.63. The lowest BCUT2D eigenvalue weighted by atomic mass is 10.0. The Morgan fingerprint density at radius 3 is 2.32 bits per heavy atom. The van der Waals surface area contributed by atoms with E-state index in [0.717, 1.165) is 16.5 Å². The highest BCUT2D eigenvalue weighted by Gasteiger charge is 2.40. The third-order valence-corrected chi connectivity index (χ3v) is 3.47. The van der Waals surface area contributed by atoms with Crippen LogP contribution < -0.4 is 4.90 Å². The zero-order chi connectivity index (χ0) is 15.9. The van der Waals surface area contributed by atoms with Gasteiger partial charge in [0.2, 0.25) is 0 Å². The van der Waals surface area contributed by atoms with Crippen molar-refractivity contribution in [3.63, 3.8) is 0 Å². The number of halogens is 1. The number of carbonyl (C=O) groups is 2. The van der Waals surface area contributed by atoms with Gasteiger partial charge in [0.25, 0.3) is 5.91 Å². The molecular formula is C17H12FNO3. The second-order valence-electron chi connectivity index (χ2n) is 5.02. The van der Waals surface area contributed by atoms with Gasteiger partial charge in [0.15, 0.2) is 5.76 Å². The molecule has 1 heterocycles. The molecule has 0 unspecified atom stereocenters. The van der Waals surface area contributed by atoms with Gasteiger partial charge in [0, 0.05) is 0 Å². The predicted molar refractivity (Wildman–Crippen MR) is 79.6 cm³/mol. The fourth-order valence-electron chi connectivity index (χ4n) is 2.35. The van der Waals surface area contributed by atoms with Crippen molar-refractivity contribution < 1.29 is 19.1 Å². The number of aliphatic hydroxyl groups excluding tert-OH is 1. The first-order valence-electron chi connectivity index (χ1n) is 6.63. The van der Waals surface area contributed by atoms with E-state index in [0.29, 0.717) is 5.56 Å². The van der Waals surface area contributed by atoms with Crippen LogP contribution >= 0.6 is 0 Å². The van der Waals surface area contributed by atoms with E-state index in [9.17, 15) is 19.1 Å². The van der Waals surface area contributed by atoms with Crippen LogP contribution in [0.2, 0.25) is 0 Å². The van der Waals surface area contributed by atoms with E-state index in [1.165, 1.54) is 18.2 Å². The molecule has 5 heteroatoms. The Balaban J connectivity index is 2.05. The molecule has 1 aliphatic rings. The maximum atomic E-state index is 13.3. The maximum Gasteiger partial charge on any atom is 0.301 e. The Bertz CT molecular complexity index is 809. The van der Waals surface area contributed by atoms with E-state index in [1.54, 1.807) is 24.3 Å². The zero-order valence-electron chi connectivity index (χ0n) is 11.7. The predicted octanol–water partition coefficient (Wildman–Crippen LogP) is 2.98. The van der Waals surface area contributed by atoms with Crippen LogP contribution in [0.5, 0.6) is 0 Å². The van der Waals surface area contributed by atoms with E-state index < -0.39 is 23.4 Å². The van der Waals surface area contributed by atoms with Crippen LogP contribution in [0.25, 0.3) is 5.57 Å². The van der Waals surface area contributed by atoms with Crippen molar-refractivity contribution in [1.82, 2.24) is 0 Å². The number of imide groups is 1. The first kappa shape index (κ1) is 14.0. The van der Waals surface area contributed by atoms with E-state index in [-0.39, 0.29) is 11.3 Å². The van der Waals surface area contributed by atoms with E-state index in [2.05, 4.69) is 0 Å². The van der Waals surface area contributed by atoms with Crippen molar-refractivity contribution in [3.05, 3.63) is 71.2 Å². The van der Waals surface area contributed by atoms with Gasteiger partial charge in [-0.25, -0.2) is 9.29 Å². The molecule has 1 N–H and O–H groups in total. The van der Waals surface area contributed by atoms with Crippen LogP contribution in [0.3, 0.4) is 0 Å². The Kier molecular flexibility index (Phi) is 3.25. The summed E-state index contributed by atoms with van der Waals surface area (Å²) < 4.78 is 13.3.